The van der Waals surface area contributed by atoms with Crippen LogP contribution in [0.5, 0.6) is 0 Å². The highest BCUT2D eigenvalue weighted by atomic mass is 16.5. The van der Waals surface area contributed by atoms with E-state index >= 15 is 0 Å². The second kappa shape index (κ2) is 7.89. The van der Waals surface area contributed by atoms with Crippen LogP contribution >= 0.6 is 0 Å². The molecule has 0 spiro atoms. The number of urea groups is 1. The molecule has 0 bridgehead atoms. The summed E-state index contributed by atoms with van der Waals surface area (Å²) in [6, 6.07) is -0.401. The molecule has 0 saturated heterocycles. The number of carbonyl (C=O) groups excluding carboxylic acids is 1. The molecule has 0 aliphatic rings. The third kappa shape index (κ3) is 8.36. The van der Waals surface area contributed by atoms with Crippen molar-refractivity contribution in [2.45, 2.75) is 0 Å². The zero-order valence-electron chi connectivity index (χ0n) is 7.58. The molecule has 0 rings (SSSR count). The van der Waals surface area contributed by atoms with Crippen molar-refractivity contribution in [3.63, 3.8) is 0 Å². The van der Waals surface area contributed by atoms with E-state index in [1.54, 1.807) is 0 Å². The lowest BCUT2D eigenvalue weighted by Crippen LogP contribution is -2.37. The molecule has 0 aromatic heterocycles. The van der Waals surface area contributed by atoms with E-state index in [0.29, 0.717) is 0 Å². The van der Waals surface area contributed by atoms with E-state index in [0.717, 1.165) is 0 Å². The molecule has 0 unspecified atom stereocenters. The van der Waals surface area contributed by atoms with Gasteiger partial charge >= 0.3 is 12.0 Å². The van der Waals surface area contributed by atoms with Gasteiger partial charge in [-0.2, -0.15) is 0 Å². The lowest BCUT2D eigenvalue weighted by Gasteiger charge is -2.04. The number of hydrogen-bond acceptors (Lipinski definition) is 3. The predicted octanol–water partition coefficient (Wildman–Crippen LogP) is -0.980. The maximum Gasteiger partial charge on any atom is 0.329 e. The first kappa shape index (κ1) is 12.3. The van der Waals surface area contributed by atoms with E-state index in [-0.39, 0.29) is 26.3 Å². The monoisotopic (exact) mass is 200 g/mol. The first-order valence-electron chi connectivity index (χ1n) is 3.91. The Bertz CT molecular complexity index is 234. The smallest absolute Gasteiger partial charge is 0.329 e. The van der Waals surface area contributed by atoms with Gasteiger partial charge in [-0.05, 0) is 0 Å². The average molecular weight is 200 g/mol. The Morgan fingerprint density at radius 3 is 2.71 bits per heavy atom. The second-order valence-electron chi connectivity index (χ2n) is 2.26. The number of amides is 2. The molecule has 0 atom stereocenters. The van der Waals surface area contributed by atoms with Crippen LogP contribution in [0.2, 0.25) is 0 Å². The van der Waals surface area contributed by atoms with Gasteiger partial charge in [0.25, 0.3) is 0 Å². The molecule has 0 aliphatic heterocycles. The fourth-order valence-electron chi connectivity index (χ4n) is 0.590. The third-order valence-electron chi connectivity index (χ3n) is 1.11. The van der Waals surface area contributed by atoms with Gasteiger partial charge in [0, 0.05) is 6.54 Å². The van der Waals surface area contributed by atoms with Crippen LogP contribution < -0.4 is 10.6 Å². The summed E-state index contributed by atoms with van der Waals surface area (Å²) < 4.78 is 4.67. The lowest BCUT2D eigenvalue weighted by molar-refractivity contribution is -0.142. The zero-order valence-corrected chi connectivity index (χ0v) is 7.58. The molecule has 0 aromatic rings. The number of carboxylic acids is 1. The molecule has 2 amide bonds. The highest BCUT2D eigenvalue weighted by Gasteiger charge is 1.98. The van der Waals surface area contributed by atoms with E-state index in [1.807, 2.05) is 0 Å². The SMILES string of the molecule is C#CCNC(=O)NCCOCC(=O)O. The van der Waals surface area contributed by atoms with Gasteiger partial charge in [0.15, 0.2) is 0 Å². The molecule has 0 radical (unpaired) electrons. The van der Waals surface area contributed by atoms with Gasteiger partial charge in [0.2, 0.25) is 0 Å². The average Bonchev–Trinajstić information content (AvgIpc) is 2.13. The van der Waals surface area contributed by atoms with Crippen molar-refractivity contribution < 1.29 is 19.4 Å². The Hall–Kier alpha value is -1.74. The third-order valence-corrected chi connectivity index (χ3v) is 1.11. The number of terminal acetylenes is 1. The molecule has 6 heteroatoms. The zero-order chi connectivity index (χ0) is 10.8. The normalized spacial score (nSPS) is 8.79. The maximum absolute atomic E-state index is 10.8. The van der Waals surface area contributed by atoms with E-state index in [1.165, 1.54) is 0 Å². The van der Waals surface area contributed by atoms with Gasteiger partial charge in [-0.15, -0.1) is 6.42 Å². The molecule has 0 saturated carbocycles. The molecule has 14 heavy (non-hydrogen) atoms. The maximum atomic E-state index is 10.8. The molecule has 0 aromatic carbocycles. The Labute approximate surface area is 81.6 Å². The van der Waals surface area contributed by atoms with Crippen molar-refractivity contribution in [3.8, 4) is 12.3 Å². The molecule has 6 nitrogen and oxygen atoms in total. The molecule has 0 fully saturated rings. The van der Waals surface area contributed by atoms with E-state index < -0.39 is 12.0 Å². The minimum Gasteiger partial charge on any atom is -0.480 e. The van der Waals surface area contributed by atoms with Crippen LogP contribution in [0.15, 0.2) is 0 Å². The summed E-state index contributed by atoms with van der Waals surface area (Å²) in [5.41, 5.74) is 0. The number of ether oxygens (including phenoxy) is 1. The summed E-state index contributed by atoms with van der Waals surface area (Å²) in [5.74, 6) is 1.19. The lowest BCUT2D eigenvalue weighted by atomic mass is 10.6. The van der Waals surface area contributed by atoms with Crippen molar-refractivity contribution in [2.24, 2.45) is 0 Å². The Kier molecular flexibility index (Phi) is 6.91. The summed E-state index contributed by atoms with van der Waals surface area (Å²) in [4.78, 5) is 20.8. The number of hydrogen-bond donors (Lipinski definition) is 3. The number of aliphatic carboxylic acids is 1. The van der Waals surface area contributed by atoms with Crippen LogP contribution in [0.1, 0.15) is 0 Å². The fraction of sp³-hybridized carbons (Fsp3) is 0.500. The molecule has 78 valence electrons. The minimum absolute atomic E-state index is 0.149. The van der Waals surface area contributed by atoms with Crippen molar-refractivity contribution in [3.05, 3.63) is 0 Å². The Morgan fingerprint density at radius 2 is 2.14 bits per heavy atom. The van der Waals surface area contributed by atoms with Crippen LogP contribution in [0.25, 0.3) is 0 Å². The molecular weight excluding hydrogens is 188 g/mol. The summed E-state index contributed by atoms with van der Waals surface area (Å²) in [6.45, 7) is 0.176. The van der Waals surface area contributed by atoms with Gasteiger partial charge in [0.1, 0.15) is 6.61 Å². The quantitative estimate of drug-likeness (QED) is 0.380. The number of nitrogens with one attached hydrogen (secondary N) is 2. The minimum atomic E-state index is -1.04. The van der Waals surface area contributed by atoms with Crippen molar-refractivity contribution in [1.29, 1.82) is 0 Å². The van der Waals surface area contributed by atoms with Crippen molar-refractivity contribution in [2.75, 3.05) is 26.3 Å². The first-order valence-corrected chi connectivity index (χ1v) is 3.91. The van der Waals surface area contributed by atoms with Gasteiger partial charge in [-0.25, -0.2) is 9.59 Å². The first-order chi connectivity index (χ1) is 6.66. The van der Waals surface area contributed by atoms with Crippen LogP contribution in [0.4, 0.5) is 4.79 Å². The summed E-state index contributed by atoms with van der Waals surface area (Å²) in [7, 11) is 0. The highest BCUT2D eigenvalue weighted by Crippen LogP contribution is 1.73. The number of carbonyl (C=O) groups is 2. The van der Waals surface area contributed by atoms with Gasteiger partial charge in [-0.1, -0.05) is 5.92 Å². The Balaban J connectivity index is 3.24. The summed E-state index contributed by atoms with van der Waals surface area (Å²) >= 11 is 0. The van der Waals surface area contributed by atoms with Crippen molar-refractivity contribution >= 4 is 12.0 Å². The molecule has 0 heterocycles. The van der Waals surface area contributed by atoms with Crippen LogP contribution in [-0.4, -0.2) is 43.4 Å². The predicted molar refractivity (Wildman–Crippen MR) is 48.7 cm³/mol. The molecular formula is C8H12N2O4. The van der Waals surface area contributed by atoms with Gasteiger partial charge in [-0.3, -0.25) is 0 Å². The van der Waals surface area contributed by atoms with Crippen molar-refractivity contribution in [1.82, 2.24) is 10.6 Å². The fourth-order valence-corrected chi connectivity index (χ4v) is 0.590. The molecule has 0 aliphatic carbocycles. The van der Waals surface area contributed by atoms with E-state index in [2.05, 4.69) is 21.3 Å². The molecule has 3 N–H and O–H groups in total. The largest absolute Gasteiger partial charge is 0.480 e. The van der Waals surface area contributed by atoms with Crippen LogP contribution in [-0.2, 0) is 9.53 Å². The highest BCUT2D eigenvalue weighted by molar-refractivity contribution is 5.74. The number of carboxylic acid groups (broad SMARTS) is 1. The van der Waals surface area contributed by atoms with E-state index in [4.69, 9.17) is 11.5 Å². The van der Waals surface area contributed by atoms with Crippen LogP contribution in [0, 0.1) is 12.3 Å². The van der Waals surface area contributed by atoms with Gasteiger partial charge in [0.05, 0.1) is 13.2 Å². The standard InChI is InChI=1S/C8H12N2O4/c1-2-3-9-8(13)10-4-5-14-6-7(11)12/h1H,3-6H2,(H,11,12)(H2,9,10,13). The topological polar surface area (TPSA) is 87.7 Å². The Morgan fingerprint density at radius 1 is 1.43 bits per heavy atom. The van der Waals surface area contributed by atoms with E-state index in [9.17, 15) is 9.59 Å². The van der Waals surface area contributed by atoms with Gasteiger partial charge < -0.3 is 20.5 Å². The van der Waals surface area contributed by atoms with Crippen LogP contribution in [0.3, 0.4) is 0 Å². The number of rotatable bonds is 6. The summed E-state index contributed by atoms with van der Waals surface area (Å²) in [5, 5.41) is 13.0. The summed E-state index contributed by atoms with van der Waals surface area (Å²) in [6.07, 6.45) is 4.90. The second-order valence-corrected chi connectivity index (χ2v) is 2.26.